The van der Waals surface area contributed by atoms with Crippen LogP contribution in [0.25, 0.3) is 0 Å². The number of amidine groups is 1. The molecule has 74 valence electrons. The number of halogens is 1. The van der Waals surface area contributed by atoms with Crippen molar-refractivity contribution in [1.29, 1.82) is 0 Å². The zero-order valence-electron chi connectivity index (χ0n) is 8.63. The van der Waals surface area contributed by atoms with Gasteiger partial charge in [-0.15, -0.1) is 0 Å². The van der Waals surface area contributed by atoms with Crippen molar-refractivity contribution in [2.24, 2.45) is 9.98 Å². The quantitative estimate of drug-likeness (QED) is 0.482. The van der Waals surface area contributed by atoms with Crippen LogP contribution in [-0.2, 0) is 0 Å². The second kappa shape index (κ2) is 4.13. The van der Waals surface area contributed by atoms with Gasteiger partial charge < -0.3 is 0 Å². The smallest absolute Gasteiger partial charge is 0.156 e. The van der Waals surface area contributed by atoms with Crippen LogP contribution >= 0.6 is 0 Å². The third kappa shape index (κ3) is 1.87. The minimum atomic E-state index is -0.305. The van der Waals surface area contributed by atoms with E-state index in [0.717, 1.165) is 11.1 Å². The normalized spacial score (nSPS) is 11.6. The molecule has 0 N–H and O–H groups in total. The van der Waals surface area contributed by atoms with Gasteiger partial charge in [0, 0.05) is 7.05 Å². The third-order valence-corrected chi connectivity index (χ3v) is 2.19. The summed E-state index contributed by atoms with van der Waals surface area (Å²) in [6, 6.07) is 3.22. The van der Waals surface area contributed by atoms with Crippen molar-refractivity contribution in [1.82, 2.24) is 0 Å². The summed E-state index contributed by atoms with van der Waals surface area (Å²) in [5.41, 5.74) is 2.35. The lowest BCUT2D eigenvalue weighted by atomic mass is 10.1. The topological polar surface area (TPSA) is 24.7 Å². The number of benzene rings is 1. The van der Waals surface area contributed by atoms with Crippen molar-refractivity contribution in [3.05, 3.63) is 34.6 Å². The van der Waals surface area contributed by atoms with Crippen molar-refractivity contribution >= 4 is 12.6 Å². The number of aryl methyl sites for hydroxylation is 2. The molecule has 0 amide bonds. The maximum absolute atomic E-state index is 13.5. The summed E-state index contributed by atoms with van der Waals surface area (Å²) in [6.07, 6.45) is 0. The summed E-state index contributed by atoms with van der Waals surface area (Å²) in [5, 5.41) is 0. The molecule has 0 bridgehead atoms. The van der Waals surface area contributed by atoms with Crippen molar-refractivity contribution in [3.63, 3.8) is 0 Å². The molecule has 1 aromatic rings. The standard InChI is InChI=1S/C11H13FN2/c1-7-5-9(11(13-3)14-4)10(12)6-8(7)2/h5-6H,3H2,1-2,4H3. The molecule has 14 heavy (non-hydrogen) atoms. The molecule has 3 heteroatoms. The Kier molecular flexibility index (Phi) is 3.12. The maximum Gasteiger partial charge on any atom is 0.156 e. The minimum absolute atomic E-state index is 0.305. The number of aliphatic imine (C=N–C) groups is 2. The Labute approximate surface area is 83.2 Å². The molecule has 0 fully saturated rings. The molecule has 1 aromatic carbocycles. The van der Waals surface area contributed by atoms with Crippen molar-refractivity contribution < 1.29 is 4.39 Å². The average molecular weight is 192 g/mol. The fourth-order valence-electron chi connectivity index (χ4n) is 1.23. The van der Waals surface area contributed by atoms with E-state index in [1.165, 1.54) is 6.07 Å². The van der Waals surface area contributed by atoms with Crippen LogP contribution in [0.2, 0.25) is 0 Å². The lowest BCUT2D eigenvalue weighted by Gasteiger charge is -2.05. The Hall–Kier alpha value is -1.51. The van der Waals surface area contributed by atoms with Gasteiger partial charge >= 0.3 is 0 Å². The summed E-state index contributed by atoms with van der Waals surface area (Å²) in [4.78, 5) is 7.52. The highest BCUT2D eigenvalue weighted by Gasteiger charge is 2.09. The van der Waals surface area contributed by atoms with Crippen LogP contribution in [0.5, 0.6) is 0 Å². The highest BCUT2D eigenvalue weighted by molar-refractivity contribution is 6.01. The summed E-state index contributed by atoms with van der Waals surface area (Å²) in [5.74, 6) is 0.0340. The van der Waals surface area contributed by atoms with Crippen LogP contribution < -0.4 is 0 Å². The number of nitrogens with zero attached hydrogens (tertiary/aromatic N) is 2. The number of hydrogen-bond acceptors (Lipinski definition) is 1. The summed E-state index contributed by atoms with van der Waals surface area (Å²) in [6.45, 7) is 7.15. The summed E-state index contributed by atoms with van der Waals surface area (Å²) >= 11 is 0. The van der Waals surface area contributed by atoms with E-state index in [1.807, 2.05) is 13.8 Å². The molecular formula is C11H13FN2. The van der Waals surface area contributed by atoms with Crippen LogP contribution in [0, 0.1) is 19.7 Å². The zero-order chi connectivity index (χ0) is 10.7. The molecule has 0 aliphatic carbocycles. The third-order valence-electron chi connectivity index (χ3n) is 2.19. The van der Waals surface area contributed by atoms with E-state index in [1.54, 1.807) is 13.1 Å². The summed E-state index contributed by atoms with van der Waals surface area (Å²) in [7, 11) is 1.57. The molecule has 1 rings (SSSR count). The Morgan fingerprint density at radius 2 is 1.86 bits per heavy atom. The van der Waals surface area contributed by atoms with E-state index < -0.39 is 0 Å². The van der Waals surface area contributed by atoms with Crippen LogP contribution in [0.1, 0.15) is 16.7 Å². The van der Waals surface area contributed by atoms with E-state index >= 15 is 0 Å². The SMILES string of the molecule is C=NC(=NC)c1cc(C)c(C)cc1F. The average Bonchev–Trinajstić information content (AvgIpc) is 2.15. The van der Waals surface area contributed by atoms with Gasteiger partial charge in [-0.05, 0) is 43.8 Å². The maximum atomic E-state index is 13.5. The van der Waals surface area contributed by atoms with E-state index in [4.69, 9.17) is 0 Å². The van der Waals surface area contributed by atoms with Gasteiger partial charge in [0.25, 0.3) is 0 Å². The van der Waals surface area contributed by atoms with Crippen LogP contribution in [-0.4, -0.2) is 19.6 Å². The first-order chi connectivity index (χ1) is 6.60. The molecule has 0 aliphatic rings. The molecule has 0 heterocycles. The van der Waals surface area contributed by atoms with Crippen LogP contribution in [0.4, 0.5) is 4.39 Å². The van der Waals surface area contributed by atoms with E-state index in [9.17, 15) is 4.39 Å². The Morgan fingerprint density at radius 1 is 1.29 bits per heavy atom. The second-order valence-corrected chi connectivity index (χ2v) is 3.12. The van der Waals surface area contributed by atoms with Crippen LogP contribution in [0.3, 0.4) is 0 Å². The predicted octanol–water partition coefficient (Wildman–Crippen LogP) is 2.52. The molecule has 0 spiro atoms. The number of rotatable bonds is 1. The molecule has 0 saturated carbocycles. The fourth-order valence-corrected chi connectivity index (χ4v) is 1.23. The lowest BCUT2D eigenvalue weighted by Crippen LogP contribution is -2.02. The highest BCUT2D eigenvalue weighted by atomic mass is 19.1. The first kappa shape index (κ1) is 10.6. The molecular weight excluding hydrogens is 179 g/mol. The molecule has 2 nitrogen and oxygen atoms in total. The molecule has 0 aliphatic heterocycles. The Balaban J connectivity index is 3.35. The first-order valence-corrected chi connectivity index (χ1v) is 4.30. The Bertz CT molecular complexity index is 395. The van der Waals surface area contributed by atoms with Crippen molar-refractivity contribution in [2.75, 3.05) is 7.05 Å². The predicted molar refractivity (Wildman–Crippen MR) is 57.9 cm³/mol. The molecule has 0 atom stereocenters. The molecule has 0 saturated heterocycles. The van der Waals surface area contributed by atoms with Gasteiger partial charge in [0.2, 0.25) is 0 Å². The van der Waals surface area contributed by atoms with Crippen LogP contribution in [0.15, 0.2) is 22.1 Å². The van der Waals surface area contributed by atoms with E-state index in [-0.39, 0.29) is 5.82 Å². The lowest BCUT2D eigenvalue weighted by molar-refractivity contribution is 0.623. The van der Waals surface area contributed by atoms with E-state index in [2.05, 4.69) is 16.7 Å². The Morgan fingerprint density at radius 3 is 2.36 bits per heavy atom. The largest absolute Gasteiger partial charge is 0.270 e. The first-order valence-electron chi connectivity index (χ1n) is 4.30. The molecule has 0 radical (unpaired) electrons. The number of hydrogen-bond donors (Lipinski definition) is 0. The monoisotopic (exact) mass is 192 g/mol. The molecule has 0 aromatic heterocycles. The van der Waals surface area contributed by atoms with Gasteiger partial charge in [-0.25, -0.2) is 9.38 Å². The van der Waals surface area contributed by atoms with Gasteiger partial charge in [-0.1, -0.05) is 0 Å². The minimum Gasteiger partial charge on any atom is -0.270 e. The summed E-state index contributed by atoms with van der Waals surface area (Å²) < 4.78 is 13.5. The van der Waals surface area contributed by atoms with Gasteiger partial charge in [-0.3, -0.25) is 4.99 Å². The van der Waals surface area contributed by atoms with Crippen molar-refractivity contribution in [3.8, 4) is 0 Å². The fraction of sp³-hybridized carbons (Fsp3) is 0.273. The highest BCUT2D eigenvalue weighted by Crippen LogP contribution is 2.15. The van der Waals surface area contributed by atoms with Gasteiger partial charge in [0.05, 0.1) is 5.56 Å². The van der Waals surface area contributed by atoms with Gasteiger partial charge in [-0.2, -0.15) is 0 Å². The second-order valence-electron chi connectivity index (χ2n) is 3.12. The van der Waals surface area contributed by atoms with Gasteiger partial charge in [0.1, 0.15) is 5.82 Å². The molecule has 0 unspecified atom stereocenters. The van der Waals surface area contributed by atoms with Gasteiger partial charge in [0.15, 0.2) is 5.84 Å². The zero-order valence-corrected chi connectivity index (χ0v) is 8.63. The van der Waals surface area contributed by atoms with Crippen molar-refractivity contribution in [2.45, 2.75) is 13.8 Å². The van der Waals surface area contributed by atoms with E-state index in [0.29, 0.717) is 11.4 Å².